The van der Waals surface area contributed by atoms with Crippen LogP contribution in [0.2, 0.25) is 6.55 Å². The van der Waals surface area contributed by atoms with Crippen LogP contribution in [0.3, 0.4) is 0 Å². The highest BCUT2D eigenvalue weighted by Gasteiger charge is 1.55. The van der Waals surface area contributed by atoms with Gasteiger partial charge in [-0.05, 0) is 0 Å². The van der Waals surface area contributed by atoms with Gasteiger partial charge < -0.3 is 4.43 Å². The molecule has 7 heavy (non-hydrogen) atoms. The van der Waals surface area contributed by atoms with E-state index in [0.29, 0.717) is 0 Å². The standard InChI is InChI=1S/C2H8OSi.CH2Cl2/c1-3-4-2;2-1-3/h4H2,1-2H3;1H2. The number of hydrogen-bond donors (Lipinski definition) is 0. The number of alkyl halides is 2. The van der Waals surface area contributed by atoms with E-state index < -0.39 is 0 Å². The highest BCUT2D eigenvalue weighted by molar-refractivity contribution is 6.40. The molecule has 0 unspecified atom stereocenters. The maximum absolute atomic E-state index is 4.76. The topological polar surface area (TPSA) is 9.23 Å². The summed E-state index contributed by atoms with van der Waals surface area (Å²) in [5.41, 5.74) is 0. The van der Waals surface area contributed by atoms with Crippen molar-refractivity contribution >= 4 is 33.0 Å². The lowest BCUT2D eigenvalue weighted by atomic mass is 11.8. The summed E-state index contributed by atoms with van der Waals surface area (Å²) >= 11 is 9.53. The van der Waals surface area contributed by atoms with Gasteiger partial charge >= 0.3 is 0 Å². The summed E-state index contributed by atoms with van der Waals surface area (Å²) in [4.78, 5) is 0. The first-order valence-corrected chi connectivity index (χ1v) is 5.00. The molecule has 0 bridgehead atoms. The third-order valence-corrected chi connectivity index (χ3v) is 0.866. The Bertz CT molecular complexity index is 20.4. The molecule has 1 nitrogen and oxygen atoms in total. The van der Waals surface area contributed by atoms with Crippen molar-refractivity contribution in [2.75, 3.05) is 12.4 Å². The van der Waals surface area contributed by atoms with E-state index >= 15 is 0 Å². The first-order valence-electron chi connectivity index (χ1n) is 1.94. The molecule has 0 aliphatic rings. The van der Waals surface area contributed by atoms with Gasteiger partial charge in [0.05, 0.1) is 5.34 Å². The fourth-order valence-electron chi connectivity index (χ4n) is 0. The van der Waals surface area contributed by atoms with Crippen LogP contribution in [0.15, 0.2) is 0 Å². The van der Waals surface area contributed by atoms with Crippen molar-refractivity contribution in [2.45, 2.75) is 6.55 Å². The normalized spacial score (nSPS) is 8.57. The predicted molar refractivity (Wildman–Crippen MR) is 38.0 cm³/mol. The SMILES string of the molecule is CO[SiH2]C.ClCCl. The summed E-state index contributed by atoms with van der Waals surface area (Å²) < 4.78 is 4.68. The smallest absolute Gasteiger partial charge is 0.157 e. The molecular weight excluding hydrogens is 151 g/mol. The van der Waals surface area contributed by atoms with Crippen LogP contribution in [-0.2, 0) is 4.43 Å². The van der Waals surface area contributed by atoms with Crippen molar-refractivity contribution in [3.63, 3.8) is 0 Å². The van der Waals surface area contributed by atoms with Crippen LogP contribution in [0.4, 0.5) is 0 Å². The Labute approximate surface area is 56.9 Å². The van der Waals surface area contributed by atoms with Crippen molar-refractivity contribution in [1.82, 2.24) is 0 Å². The van der Waals surface area contributed by atoms with Crippen LogP contribution >= 0.6 is 23.2 Å². The van der Waals surface area contributed by atoms with Crippen LogP contribution in [0, 0.1) is 0 Å². The van der Waals surface area contributed by atoms with E-state index in [1.54, 1.807) is 7.11 Å². The zero-order valence-corrected chi connectivity index (χ0v) is 7.50. The summed E-state index contributed by atoms with van der Waals surface area (Å²) in [7, 11) is 1.67. The van der Waals surface area contributed by atoms with Gasteiger partial charge in [-0.15, -0.1) is 23.2 Å². The quantitative estimate of drug-likeness (QED) is 0.414. The Kier molecular flexibility index (Phi) is 24.2. The van der Waals surface area contributed by atoms with E-state index in [-0.39, 0.29) is 15.1 Å². The molecule has 0 aromatic rings. The average molecular weight is 161 g/mol. The summed E-state index contributed by atoms with van der Waals surface area (Å²) in [5, 5.41) is 0.194. The van der Waals surface area contributed by atoms with E-state index in [1.165, 1.54) is 0 Å². The summed E-state index contributed by atoms with van der Waals surface area (Å²) in [6.07, 6.45) is 0. The van der Waals surface area contributed by atoms with Crippen LogP contribution in [0.5, 0.6) is 0 Å². The molecule has 0 aliphatic heterocycles. The minimum atomic E-state index is -0.0756. The molecule has 0 rings (SSSR count). The third kappa shape index (κ3) is 49.5. The fraction of sp³-hybridized carbons (Fsp3) is 1.00. The Balaban J connectivity index is 0. The molecule has 0 amide bonds. The van der Waals surface area contributed by atoms with Crippen molar-refractivity contribution in [3.05, 3.63) is 0 Å². The maximum atomic E-state index is 4.76. The molecule has 0 atom stereocenters. The second-order valence-corrected chi connectivity index (χ2v) is 2.64. The Morgan fingerprint density at radius 3 is 1.71 bits per heavy atom. The van der Waals surface area contributed by atoms with Gasteiger partial charge in [0.25, 0.3) is 0 Å². The number of hydrogen-bond acceptors (Lipinski definition) is 1. The largest absolute Gasteiger partial charge is 0.427 e. The van der Waals surface area contributed by atoms with E-state index in [1.807, 2.05) is 0 Å². The van der Waals surface area contributed by atoms with E-state index in [2.05, 4.69) is 11.0 Å². The summed E-state index contributed by atoms with van der Waals surface area (Å²) in [6.45, 7) is 2.10. The Morgan fingerprint density at radius 2 is 1.71 bits per heavy atom. The van der Waals surface area contributed by atoms with Gasteiger partial charge in [0.1, 0.15) is 0 Å². The van der Waals surface area contributed by atoms with Crippen LogP contribution in [-0.4, -0.2) is 22.2 Å². The minimum absolute atomic E-state index is 0.0756. The van der Waals surface area contributed by atoms with Gasteiger partial charge in [-0.25, -0.2) is 0 Å². The highest BCUT2D eigenvalue weighted by Crippen LogP contribution is 1.73. The summed E-state index contributed by atoms with van der Waals surface area (Å²) in [6, 6.07) is 0. The first-order chi connectivity index (χ1) is 3.33. The minimum Gasteiger partial charge on any atom is -0.427 e. The molecule has 0 radical (unpaired) electrons. The molecule has 4 heteroatoms. The van der Waals surface area contributed by atoms with E-state index in [4.69, 9.17) is 23.2 Å². The Morgan fingerprint density at radius 1 is 1.57 bits per heavy atom. The zero-order valence-electron chi connectivity index (χ0n) is 4.58. The van der Waals surface area contributed by atoms with E-state index in [0.717, 1.165) is 0 Å². The fourth-order valence-corrected chi connectivity index (χ4v) is 0. The highest BCUT2D eigenvalue weighted by atomic mass is 35.5. The lowest BCUT2D eigenvalue weighted by Crippen LogP contribution is -1.79. The average Bonchev–Trinajstić information content (AvgIpc) is 1.69. The van der Waals surface area contributed by atoms with Gasteiger partial charge in [0.15, 0.2) is 9.76 Å². The molecular formula is C3H10Cl2OSi. The molecule has 0 aliphatic carbocycles. The van der Waals surface area contributed by atoms with Crippen molar-refractivity contribution in [1.29, 1.82) is 0 Å². The van der Waals surface area contributed by atoms with Gasteiger partial charge in [0, 0.05) is 7.11 Å². The maximum Gasteiger partial charge on any atom is 0.157 e. The van der Waals surface area contributed by atoms with Crippen LogP contribution in [0.1, 0.15) is 0 Å². The number of rotatable bonds is 1. The second kappa shape index (κ2) is 15.9. The van der Waals surface area contributed by atoms with Crippen molar-refractivity contribution in [2.24, 2.45) is 0 Å². The summed E-state index contributed by atoms with van der Waals surface area (Å²) in [5.74, 6) is 0. The molecule has 0 spiro atoms. The lowest BCUT2D eigenvalue weighted by Gasteiger charge is -1.75. The molecule has 0 fully saturated rings. The molecule has 0 aromatic carbocycles. The molecule has 0 heterocycles. The predicted octanol–water partition coefficient (Wildman–Crippen LogP) is 1.19. The zero-order chi connectivity index (χ0) is 6.12. The first kappa shape index (κ1) is 10.7. The van der Waals surface area contributed by atoms with Crippen LogP contribution < -0.4 is 0 Å². The van der Waals surface area contributed by atoms with Gasteiger partial charge in [-0.2, -0.15) is 0 Å². The molecule has 0 aromatic heterocycles. The molecule has 0 N–H and O–H groups in total. The molecule has 46 valence electrons. The number of halogens is 2. The molecule has 0 saturated heterocycles. The second-order valence-electron chi connectivity index (χ2n) is 0.678. The van der Waals surface area contributed by atoms with Gasteiger partial charge in [0.2, 0.25) is 0 Å². The van der Waals surface area contributed by atoms with E-state index in [9.17, 15) is 0 Å². The van der Waals surface area contributed by atoms with Gasteiger partial charge in [-0.1, -0.05) is 6.55 Å². The van der Waals surface area contributed by atoms with Crippen molar-refractivity contribution in [3.8, 4) is 0 Å². The Hall–Kier alpha value is 0.757. The van der Waals surface area contributed by atoms with Crippen LogP contribution in [0.25, 0.3) is 0 Å². The molecule has 0 saturated carbocycles. The van der Waals surface area contributed by atoms with Gasteiger partial charge in [-0.3, -0.25) is 0 Å². The third-order valence-electron chi connectivity index (χ3n) is 0.289. The van der Waals surface area contributed by atoms with Crippen molar-refractivity contribution < 1.29 is 4.43 Å². The monoisotopic (exact) mass is 160 g/mol. The lowest BCUT2D eigenvalue weighted by molar-refractivity contribution is 0.446.